The summed E-state index contributed by atoms with van der Waals surface area (Å²) >= 11 is 0. The number of carboxylic acid groups (broad SMARTS) is 1. The van der Waals surface area contributed by atoms with Crippen LogP contribution in [0.25, 0.3) is 0 Å². The van der Waals surface area contributed by atoms with Crippen molar-refractivity contribution in [2.75, 3.05) is 5.43 Å². The summed E-state index contributed by atoms with van der Waals surface area (Å²) in [6.45, 7) is 2.25. The van der Waals surface area contributed by atoms with E-state index in [0.717, 1.165) is 18.5 Å². The molecule has 1 fully saturated rings. The number of hydrogen-bond acceptors (Lipinski definition) is 3. The van der Waals surface area contributed by atoms with Crippen molar-refractivity contribution >= 4 is 17.4 Å². The topological polar surface area (TPSA) is 61.7 Å². The molecular weight excluding hydrogens is 228 g/mol. The molecule has 1 aliphatic rings. The van der Waals surface area contributed by atoms with Crippen LogP contribution in [0.1, 0.15) is 43.0 Å². The Balaban J connectivity index is 1.97. The lowest BCUT2D eigenvalue weighted by Gasteiger charge is -2.19. The molecule has 18 heavy (non-hydrogen) atoms. The number of nitrogens with zero attached hydrogens (tertiary/aromatic N) is 1. The fraction of sp³-hybridized carbons (Fsp3) is 0.429. The first-order valence-corrected chi connectivity index (χ1v) is 6.30. The summed E-state index contributed by atoms with van der Waals surface area (Å²) in [5.41, 5.74) is 5.32. The van der Waals surface area contributed by atoms with Gasteiger partial charge in [-0.2, -0.15) is 5.10 Å². The van der Waals surface area contributed by atoms with Gasteiger partial charge in [-0.1, -0.05) is 6.92 Å². The van der Waals surface area contributed by atoms with Crippen LogP contribution < -0.4 is 5.43 Å². The van der Waals surface area contributed by atoms with Crippen molar-refractivity contribution < 1.29 is 9.90 Å². The van der Waals surface area contributed by atoms with Crippen molar-refractivity contribution in [3.63, 3.8) is 0 Å². The molecule has 0 saturated heterocycles. The van der Waals surface area contributed by atoms with E-state index in [-0.39, 0.29) is 0 Å². The molecule has 0 bridgehead atoms. The molecule has 0 unspecified atom stereocenters. The molecule has 1 atom stereocenters. The molecule has 4 nitrogen and oxygen atoms in total. The van der Waals surface area contributed by atoms with E-state index in [9.17, 15) is 4.79 Å². The van der Waals surface area contributed by atoms with Gasteiger partial charge in [-0.15, -0.1) is 0 Å². The minimum absolute atomic E-state index is 0.291. The zero-order valence-electron chi connectivity index (χ0n) is 10.5. The van der Waals surface area contributed by atoms with E-state index < -0.39 is 5.97 Å². The first-order chi connectivity index (χ1) is 8.65. The standard InChI is InChI=1S/C14H18N2O2/c1-10-3-2-4-13(9-10)16-15-12-7-5-11(6-8-12)14(17)18/h5-8,10,15H,2-4,9H2,1H3,(H,17,18)/b16-13-/t10-/m0/s1. The second kappa shape index (κ2) is 5.67. The third kappa shape index (κ3) is 3.32. The van der Waals surface area contributed by atoms with Crippen LogP contribution in [0.5, 0.6) is 0 Å². The van der Waals surface area contributed by atoms with Crippen molar-refractivity contribution in [3.8, 4) is 0 Å². The molecule has 0 amide bonds. The molecule has 1 aromatic rings. The van der Waals surface area contributed by atoms with Gasteiger partial charge in [0.1, 0.15) is 0 Å². The van der Waals surface area contributed by atoms with Gasteiger partial charge < -0.3 is 5.11 Å². The first kappa shape index (κ1) is 12.6. The average Bonchev–Trinajstić information content (AvgIpc) is 2.37. The summed E-state index contributed by atoms with van der Waals surface area (Å²) in [6.07, 6.45) is 4.61. The molecule has 2 rings (SSSR count). The summed E-state index contributed by atoms with van der Waals surface area (Å²) < 4.78 is 0. The second-order valence-corrected chi connectivity index (χ2v) is 4.87. The SMILES string of the molecule is C[C@H]1CCC/C(=N/Nc2ccc(C(=O)O)cc2)C1. The fourth-order valence-corrected chi connectivity index (χ4v) is 2.19. The molecule has 0 radical (unpaired) electrons. The van der Waals surface area contributed by atoms with Crippen LogP contribution in [0.15, 0.2) is 29.4 Å². The van der Waals surface area contributed by atoms with E-state index in [2.05, 4.69) is 17.5 Å². The van der Waals surface area contributed by atoms with Gasteiger partial charge in [0.2, 0.25) is 0 Å². The van der Waals surface area contributed by atoms with E-state index in [0.29, 0.717) is 11.5 Å². The molecule has 4 heteroatoms. The van der Waals surface area contributed by atoms with Crippen LogP contribution >= 0.6 is 0 Å². The van der Waals surface area contributed by atoms with Crippen LogP contribution in [0, 0.1) is 5.92 Å². The number of hydrazone groups is 1. The maximum Gasteiger partial charge on any atom is 0.335 e. The smallest absolute Gasteiger partial charge is 0.335 e. The van der Waals surface area contributed by atoms with Gasteiger partial charge in [0.25, 0.3) is 0 Å². The highest BCUT2D eigenvalue weighted by atomic mass is 16.4. The van der Waals surface area contributed by atoms with Crippen molar-refractivity contribution in [3.05, 3.63) is 29.8 Å². The quantitative estimate of drug-likeness (QED) is 0.804. The van der Waals surface area contributed by atoms with Crippen LogP contribution in [0.4, 0.5) is 5.69 Å². The summed E-state index contributed by atoms with van der Waals surface area (Å²) in [7, 11) is 0. The number of rotatable bonds is 3. The normalized spacial score (nSPS) is 21.8. The van der Waals surface area contributed by atoms with E-state index in [1.807, 2.05) is 0 Å². The largest absolute Gasteiger partial charge is 0.478 e. The van der Waals surface area contributed by atoms with Crippen LogP contribution in [-0.4, -0.2) is 16.8 Å². The maximum absolute atomic E-state index is 10.7. The monoisotopic (exact) mass is 246 g/mol. The van der Waals surface area contributed by atoms with Crippen molar-refractivity contribution in [1.29, 1.82) is 0 Å². The lowest BCUT2D eigenvalue weighted by atomic mass is 9.89. The molecule has 0 heterocycles. The molecule has 1 aliphatic carbocycles. The molecule has 0 spiro atoms. The summed E-state index contributed by atoms with van der Waals surface area (Å²) in [5.74, 6) is -0.192. The Morgan fingerprint density at radius 2 is 2.11 bits per heavy atom. The summed E-state index contributed by atoms with van der Waals surface area (Å²) in [4.78, 5) is 10.7. The van der Waals surface area contributed by atoms with Crippen LogP contribution in [0.2, 0.25) is 0 Å². The first-order valence-electron chi connectivity index (χ1n) is 6.30. The summed E-state index contributed by atoms with van der Waals surface area (Å²) in [5, 5.41) is 13.2. The highest BCUT2D eigenvalue weighted by molar-refractivity contribution is 5.88. The second-order valence-electron chi connectivity index (χ2n) is 4.87. The number of carbonyl (C=O) groups is 1. The minimum Gasteiger partial charge on any atom is -0.478 e. The van der Waals surface area contributed by atoms with E-state index in [4.69, 9.17) is 5.11 Å². The Morgan fingerprint density at radius 3 is 2.72 bits per heavy atom. The maximum atomic E-state index is 10.7. The average molecular weight is 246 g/mol. The van der Waals surface area contributed by atoms with Gasteiger partial charge in [0.15, 0.2) is 0 Å². The highest BCUT2D eigenvalue weighted by Gasteiger charge is 2.13. The number of benzene rings is 1. The number of aromatic carboxylic acids is 1. The van der Waals surface area contributed by atoms with Gasteiger partial charge in [0.05, 0.1) is 11.3 Å². The Bertz CT molecular complexity index is 451. The van der Waals surface area contributed by atoms with Gasteiger partial charge in [-0.05, 0) is 55.9 Å². The Hall–Kier alpha value is -1.84. The van der Waals surface area contributed by atoms with Gasteiger partial charge in [-0.25, -0.2) is 4.79 Å². The van der Waals surface area contributed by atoms with Crippen LogP contribution in [0.3, 0.4) is 0 Å². The minimum atomic E-state index is -0.908. The number of nitrogens with one attached hydrogen (secondary N) is 1. The number of anilines is 1. The summed E-state index contributed by atoms with van der Waals surface area (Å²) in [6, 6.07) is 6.63. The molecule has 1 saturated carbocycles. The third-order valence-corrected chi connectivity index (χ3v) is 3.22. The van der Waals surface area contributed by atoms with Crippen molar-refractivity contribution in [2.24, 2.45) is 11.0 Å². The van der Waals surface area contributed by atoms with Crippen LogP contribution in [-0.2, 0) is 0 Å². The third-order valence-electron chi connectivity index (χ3n) is 3.22. The van der Waals surface area contributed by atoms with E-state index in [1.54, 1.807) is 24.3 Å². The van der Waals surface area contributed by atoms with Gasteiger partial charge in [0, 0.05) is 5.71 Å². The zero-order valence-corrected chi connectivity index (χ0v) is 10.5. The zero-order chi connectivity index (χ0) is 13.0. The van der Waals surface area contributed by atoms with Crippen molar-refractivity contribution in [2.45, 2.75) is 32.6 Å². The van der Waals surface area contributed by atoms with E-state index >= 15 is 0 Å². The Morgan fingerprint density at radius 1 is 1.39 bits per heavy atom. The Kier molecular flexibility index (Phi) is 3.97. The van der Waals surface area contributed by atoms with E-state index in [1.165, 1.54) is 18.6 Å². The molecule has 1 aromatic carbocycles. The molecule has 96 valence electrons. The molecular formula is C14H18N2O2. The van der Waals surface area contributed by atoms with Gasteiger partial charge >= 0.3 is 5.97 Å². The molecule has 0 aliphatic heterocycles. The van der Waals surface area contributed by atoms with Crippen molar-refractivity contribution in [1.82, 2.24) is 0 Å². The number of carboxylic acids is 1. The molecule has 0 aromatic heterocycles. The predicted octanol–water partition coefficient (Wildman–Crippen LogP) is 3.36. The predicted molar refractivity (Wildman–Crippen MR) is 72.1 cm³/mol. The highest BCUT2D eigenvalue weighted by Crippen LogP contribution is 2.21. The van der Waals surface area contributed by atoms with Gasteiger partial charge in [-0.3, -0.25) is 5.43 Å². The molecule has 2 N–H and O–H groups in total. The lowest BCUT2D eigenvalue weighted by molar-refractivity contribution is 0.0697. The number of hydrogen-bond donors (Lipinski definition) is 2. The Labute approximate surface area is 107 Å². The fourth-order valence-electron chi connectivity index (χ4n) is 2.19. The lowest BCUT2D eigenvalue weighted by Crippen LogP contribution is -2.14.